The van der Waals surface area contributed by atoms with E-state index in [0.29, 0.717) is 13.1 Å². The van der Waals surface area contributed by atoms with Crippen LogP contribution in [0.5, 0.6) is 5.75 Å². The van der Waals surface area contributed by atoms with Crippen LogP contribution in [0.2, 0.25) is 0 Å². The summed E-state index contributed by atoms with van der Waals surface area (Å²) in [5.74, 6) is 0.854. The zero-order valence-corrected chi connectivity index (χ0v) is 18.1. The van der Waals surface area contributed by atoms with Gasteiger partial charge in [-0.1, -0.05) is 0 Å². The van der Waals surface area contributed by atoms with Gasteiger partial charge in [-0.15, -0.1) is 0 Å². The topological polar surface area (TPSA) is 59.7 Å². The highest BCUT2D eigenvalue weighted by molar-refractivity contribution is 5.82. The van der Waals surface area contributed by atoms with Gasteiger partial charge in [0.05, 0.1) is 24.9 Å². The average Bonchev–Trinajstić information content (AvgIpc) is 3.15. The molecule has 0 N–H and O–H groups in total. The number of imidazole rings is 1. The fraction of sp³-hybridized carbons (Fsp3) is 0.240. The Bertz CT molecular complexity index is 1180. The predicted molar refractivity (Wildman–Crippen MR) is 121 cm³/mol. The minimum Gasteiger partial charge on any atom is -0.497 e. The molecule has 3 aromatic heterocycles. The fourth-order valence-electron chi connectivity index (χ4n) is 3.69. The van der Waals surface area contributed by atoms with E-state index in [2.05, 4.69) is 4.98 Å². The van der Waals surface area contributed by atoms with Crippen LogP contribution < -0.4 is 4.74 Å². The lowest BCUT2D eigenvalue weighted by molar-refractivity contribution is -0.130. The quantitative estimate of drug-likeness (QED) is 0.452. The number of fused-ring (bicyclic) bond motifs is 1. The number of nitrogens with zero attached hydrogens (tertiary/aromatic N) is 4. The van der Waals surface area contributed by atoms with Crippen LogP contribution in [-0.2, 0) is 17.8 Å². The Balaban J connectivity index is 1.70. The average molecular weight is 415 g/mol. The Kier molecular flexibility index (Phi) is 5.98. The zero-order chi connectivity index (χ0) is 21.8. The number of carbonyl (C=O) groups excluding carboxylic acids is 1. The number of carbonyl (C=O) groups is 1. The summed E-state index contributed by atoms with van der Waals surface area (Å²) in [6, 6.07) is 15.7. The van der Waals surface area contributed by atoms with Gasteiger partial charge in [-0.3, -0.25) is 9.78 Å². The van der Waals surface area contributed by atoms with Gasteiger partial charge >= 0.3 is 0 Å². The van der Waals surface area contributed by atoms with Crippen LogP contribution in [0.3, 0.4) is 0 Å². The molecule has 0 fully saturated rings. The Hall–Kier alpha value is -3.67. The summed E-state index contributed by atoms with van der Waals surface area (Å²) in [6.07, 6.45) is 5.77. The summed E-state index contributed by atoms with van der Waals surface area (Å²) in [7, 11) is 1.65. The summed E-state index contributed by atoms with van der Waals surface area (Å²) < 4.78 is 7.30. The van der Waals surface area contributed by atoms with Gasteiger partial charge in [0.25, 0.3) is 0 Å². The first-order valence-corrected chi connectivity index (χ1v) is 10.4. The fourth-order valence-corrected chi connectivity index (χ4v) is 3.69. The van der Waals surface area contributed by atoms with E-state index in [1.807, 2.05) is 77.9 Å². The molecule has 158 valence electrons. The van der Waals surface area contributed by atoms with Crippen LogP contribution >= 0.6 is 0 Å². The van der Waals surface area contributed by atoms with E-state index in [9.17, 15) is 4.79 Å². The largest absolute Gasteiger partial charge is 0.497 e. The standard InChI is InChI=1S/C25H26N4O2/c1-4-28(17-19-9-12-26-13-10-19)24(30)16-22-25(20-5-7-21(31-3)8-6-20)27-23-15-18(2)11-14-29(22)23/h5-15H,4,16-17H2,1-3H3. The number of rotatable bonds is 7. The van der Waals surface area contributed by atoms with Crippen molar-refractivity contribution in [3.8, 4) is 17.0 Å². The maximum absolute atomic E-state index is 13.3. The third kappa shape index (κ3) is 4.43. The monoisotopic (exact) mass is 414 g/mol. The van der Waals surface area contributed by atoms with Crippen molar-refractivity contribution >= 4 is 11.6 Å². The third-order valence-electron chi connectivity index (χ3n) is 5.42. The second-order valence-corrected chi connectivity index (χ2v) is 7.51. The predicted octanol–water partition coefficient (Wildman–Crippen LogP) is 4.30. The van der Waals surface area contributed by atoms with E-state index < -0.39 is 0 Å². The van der Waals surface area contributed by atoms with Crippen LogP contribution in [0.4, 0.5) is 0 Å². The molecule has 0 aliphatic carbocycles. The number of methoxy groups -OCH3 is 1. The molecule has 0 saturated carbocycles. The molecule has 6 heteroatoms. The Morgan fingerprint density at radius 1 is 1.10 bits per heavy atom. The van der Waals surface area contributed by atoms with Gasteiger partial charge in [0, 0.05) is 37.2 Å². The van der Waals surface area contributed by atoms with Crippen LogP contribution in [0.25, 0.3) is 16.9 Å². The van der Waals surface area contributed by atoms with Crippen LogP contribution in [0.15, 0.2) is 67.1 Å². The number of likely N-dealkylation sites (N-methyl/N-ethyl adjacent to an activating group) is 1. The van der Waals surface area contributed by atoms with Gasteiger partial charge in [0.15, 0.2) is 0 Å². The molecule has 0 atom stereocenters. The van der Waals surface area contributed by atoms with E-state index in [0.717, 1.165) is 39.5 Å². The molecule has 0 aliphatic rings. The number of benzene rings is 1. The van der Waals surface area contributed by atoms with Crippen molar-refractivity contribution in [1.82, 2.24) is 19.3 Å². The Morgan fingerprint density at radius 2 is 1.84 bits per heavy atom. The number of ether oxygens (including phenoxy) is 1. The molecule has 3 heterocycles. The summed E-state index contributed by atoms with van der Waals surface area (Å²) in [4.78, 5) is 24.1. The maximum Gasteiger partial charge on any atom is 0.228 e. The first-order chi connectivity index (χ1) is 15.1. The number of aromatic nitrogens is 3. The van der Waals surface area contributed by atoms with Crippen molar-refractivity contribution in [1.29, 1.82) is 0 Å². The highest BCUT2D eigenvalue weighted by Crippen LogP contribution is 2.27. The lowest BCUT2D eigenvalue weighted by Crippen LogP contribution is -2.32. The normalized spacial score (nSPS) is 10.9. The second kappa shape index (κ2) is 9.00. The van der Waals surface area contributed by atoms with Gasteiger partial charge in [-0.25, -0.2) is 4.98 Å². The lowest BCUT2D eigenvalue weighted by Gasteiger charge is -2.21. The van der Waals surface area contributed by atoms with Crippen molar-refractivity contribution in [2.45, 2.75) is 26.8 Å². The van der Waals surface area contributed by atoms with Gasteiger partial charge in [-0.05, 0) is 73.5 Å². The van der Waals surface area contributed by atoms with E-state index in [1.54, 1.807) is 19.5 Å². The highest BCUT2D eigenvalue weighted by atomic mass is 16.5. The minimum atomic E-state index is 0.0662. The summed E-state index contributed by atoms with van der Waals surface area (Å²) >= 11 is 0. The van der Waals surface area contributed by atoms with Gasteiger partial charge in [0.2, 0.25) is 5.91 Å². The molecule has 0 unspecified atom stereocenters. The molecule has 1 amide bonds. The SMILES string of the molecule is CCN(Cc1ccncc1)C(=O)Cc1c(-c2ccc(OC)cc2)nc2cc(C)ccn12. The maximum atomic E-state index is 13.3. The van der Waals surface area contributed by atoms with Crippen molar-refractivity contribution in [2.75, 3.05) is 13.7 Å². The van der Waals surface area contributed by atoms with Gasteiger partial charge < -0.3 is 14.0 Å². The molecule has 31 heavy (non-hydrogen) atoms. The molecule has 0 bridgehead atoms. The molecule has 0 aliphatic heterocycles. The molecule has 0 spiro atoms. The molecule has 6 nitrogen and oxygen atoms in total. The molecule has 1 aromatic carbocycles. The Labute approximate surface area is 182 Å². The first-order valence-electron chi connectivity index (χ1n) is 10.4. The lowest BCUT2D eigenvalue weighted by atomic mass is 10.1. The molecular weight excluding hydrogens is 388 g/mol. The van der Waals surface area contributed by atoms with Crippen molar-refractivity contribution < 1.29 is 9.53 Å². The third-order valence-corrected chi connectivity index (χ3v) is 5.42. The molecule has 0 saturated heterocycles. The zero-order valence-electron chi connectivity index (χ0n) is 18.1. The smallest absolute Gasteiger partial charge is 0.228 e. The summed E-state index contributed by atoms with van der Waals surface area (Å²) in [5, 5.41) is 0. The minimum absolute atomic E-state index is 0.0662. The van der Waals surface area contributed by atoms with E-state index in [-0.39, 0.29) is 12.3 Å². The number of aryl methyl sites for hydroxylation is 1. The van der Waals surface area contributed by atoms with Crippen LogP contribution in [0.1, 0.15) is 23.7 Å². The van der Waals surface area contributed by atoms with E-state index >= 15 is 0 Å². The van der Waals surface area contributed by atoms with Gasteiger partial charge in [0.1, 0.15) is 11.4 Å². The van der Waals surface area contributed by atoms with Crippen LogP contribution in [0, 0.1) is 6.92 Å². The van der Waals surface area contributed by atoms with Gasteiger partial charge in [-0.2, -0.15) is 0 Å². The summed E-state index contributed by atoms with van der Waals surface area (Å²) in [5.41, 5.74) is 5.70. The molecular formula is C25H26N4O2. The number of amides is 1. The second-order valence-electron chi connectivity index (χ2n) is 7.51. The molecule has 4 aromatic rings. The first kappa shape index (κ1) is 20.6. The highest BCUT2D eigenvalue weighted by Gasteiger charge is 2.20. The molecule has 0 radical (unpaired) electrons. The number of pyridine rings is 2. The number of hydrogen-bond donors (Lipinski definition) is 0. The van der Waals surface area contributed by atoms with Crippen molar-refractivity contribution in [3.63, 3.8) is 0 Å². The molecule has 4 rings (SSSR count). The van der Waals surface area contributed by atoms with E-state index in [1.165, 1.54) is 0 Å². The van der Waals surface area contributed by atoms with Crippen molar-refractivity contribution in [3.05, 3.63) is 83.9 Å². The van der Waals surface area contributed by atoms with E-state index in [4.69, 9.17) is 9.72 Å². The van der Waals surface area contributed by atoms with Crippen molar-refractivity contribution in [2.24, 2.45) is 0 Å². The Morgan fingerprint density at radius 3 is 2.52 bits per heavy atom. The summed E-state index contributed by atoms with van der Waals surface area (Å²) in [6.45, 7) is 5.24. The number of hydrogen-bond acceptors (Lipinski definition) is 4. The van der Waals surface area contributed by atoms with Crippen LogP contribution in [-0.4, -0.2) is 38.8 Å².